The average Bonchev–Trinajstić information content (AvgIpc) is 3.53. The molecule has 4 rings (SSSR count). The Morgan fingerprint density at radius 1 is 1.27 bits per heavy atom. The Bertz CT molecular complexity index is 1140. The Labute approximate surface area is 195 Å². The van der Waals surface area contributed by atoms with Gasteiger partial charge < -0.3 is 16.0 Å². The Kier molecular flexibility index (Phi) is 7.02. The molecule has 1 saturated carbocycles. The van der Waals surface area contributed by atoms with Crippen LogP contribution in [0, 0.1) is 18.7 Å². The molecule has 0 bridgehead atoms. The summed E-state index contributed by atoms with van der Waals surface area (Å²) in [5.41, 5.74) is 1.57. The predicted octanol–water partition coefficient (Wildman–Crippen LogP) is 4.39. The summed E-state index contributed by atoms with van der Waals surface area (Å²) in [5, 5.41) is 13.4. The van der Waals surface area contributed by atoms with Gasteiger partial charge in [0.25, 0.3) is 5.91 Å². The van der Waals surface area contributed by atoms with Gasteiger partial charge in [-0.15, -0.1) is 11.3 Å². The van der Waals surface area contributed by atoms with Gasteiger partial charge in [-0.1, -0.05) is 25.7 Å². The lowest BCUT2D eigenvalue weighted by molar-refractivity contribution is -0.118. The van der Waals surface area contributed by atoms with Crippen LogP contribution >= 0.6 is 11.3 Å². The van der Waals surface area contributed by atoms with Crippen molar-refractivity contribution in [1.82, 2.24) is 20.1 Å². The molecular weight excluding hydrogens is 443 g/mol. The van der Waals surface area contributed by atoms with Gasteiger partial charge in [0.1, 0.15) is 6.04 Å². The molecule has 3 aromatic rings. The van der Waals surface area contributed by atoms with E-state index in [9.17, 15) is 14.0 Å². The van der Waals surface area contributed by atoms with Crippen molar-refractivity contribution in [3.8, 4) is 0 Å². The molecule has 3 heterocycles. The van der Waals surface area contributed by atoms with Gasteiger partial charge >= 0.3 is 0 Å². The number of anilines is 3. The SMILES string of the molecule is Cc1cc(Nc2ccc(C(=O)N[C@@H](CC3CCCC3)C(=O)Nc3cnn(C)c3)s2)c(F)cn1. The van der Waals surface area contributed by atoms with Gasteiger partial charge in [-0.3, -0.25) is 19.3 Å². The molecule has 8 nitrogen and oxygen atoms in total. The van der Waals surface area contributed by atoms with Gasteiger partial charge in [-0.05, 0) is 37.5 Å². The van der Waals surface area contributed by atoms with Crippen LogP contribution in [0.2, 0.25) is 0 Å². The number of carbonyl (C=O) groups excluding carboxylic acids is 2. The molecule has 1 atom stereocenters. The van der Waals surface area contributed by atoms with Gasteiger partial charge in [0.15, 0.2) is 5.82 Å². The number of amides is 2. The van der Waals surface area contributed by atoms with E-state index in [0.29, 0.717) is 39.3 Å². The van der Waals surface area contributed by atoms with Crippen molar-refractivity contribution >= 4 is 39.5 Å². The highest BCUT2D eigenvalue weighted by Gasteiger charge is 2.27. The van der Waals surface area contributed by atoms with Gasteiger partial charge in [0.05, 0.1) is 33.6 Å². The second-order valence-electron chi connectivity index (χ2n) is 8.40. The van der Waals surface area contributed by atoms with Crippen LogP contribution in [0.4, 0.5) is 20.8 Å². The molecule has 0 saturated heterocycles. The van der Waals surface area contributed by atoms with E-state index in [4.69, 9.17) is 0 Å². The first-order valence-corrected chi connectivity index (χ1v) is 11.8. The summed E-state index contributed by atoms with van der Waals surface area (Å²) in [6.45, 7) is 1.78. The fraction of sp³-hybridized carbons (Fsp3) is 0.391. The summed E-state index contributed by atoms with van der Waals surface area (Å²) in [5.74, 6) is -0.645. The van der Waals surface area contributed by atoms with Crippen molar-refractivity contribution in [2.45, 2.75) is 45.1 Å². The second kappa shape index (κ2) is 10.1. The lowest BCUT2D eigenvalue weighted by atomic mass is 9.97. The van der Waals surface area contributed by atoms with E-state index >= 15 is 0 Å². The van der Waals surface area contributed by atoms with Crippen LogP contribution in [-0.4, -0.2) is 32.6 Å². The van der Waals surface area contributed by atoms with Crippen LogP contribution in [-0.2, 0) is 11.8 Å². The van der Waals surface area contributed by atoms with E-state index in [1.165, 1.54) is 11.3 Å². The molecular formula is C23H27FN6O2S. The van der Waals surface area contributed by atoms with E-state index in [1.54, 1.807) is 49.2 Å². The Morgan fingerprint density at radius 3 is 2.79 bits per heavy atom. The smallest absolute Gasteiger partial charge is 0.262 e. The maximum atomic E-state index is 14.0. The van der Waals surface area contributed by atoms with Crippen LogP contribution in [0.15, 0.2) is 36.8 Å². The molecule has 0 aromatic carbocycles. The van der Waals surface area contributed by atoms with Crippen LogP contribution in [0.25, 0.3) is 0 Å². The van der Waals surface area contributed by atoms with Crippen molar-refractivity contribution in [3.63, 3.8) is 0 Å². The number of pyridine rings is 1. The van der Waals surface area contributed by atoms with Crippen molar-refractivity contribution in [3.05, 3.63) is 53.2 Å². The number of halogens is 1. The van der Waals surface area contributed by atoms with Crippen molar-refractivity contribution in [2.24, 2.45) is 13.0 Å². The molecule has 1 aliphatic carbocycles. The van der Waals surface area contributed by atoms with Crippen LogP contribution in [0.3, 0.4) is 0 Å². The third kappa shape index (κ3) is 5.95. The number of carbonyl (C=O) groups is 2. The summed E-state index contributed by atoms with van der Waals surface area (Å²) in [4.78, 5) is 30.3. The maximum absolute atomic E-state index is 14.0. The molecule has 1 fully saturated rings. The number of hydrogen-bond donors (Lipinski definition) is 3. The number of nitrogens with one attached hydrogen (secondary N) is 3. The highest BCUT2D eigenvalue weighted by Crippen LogP contribution is 2.30. The summed E-state index contributed by atoms with van der Waals surface area (Å²) in [6, 6.07) is 4.34. The van der Waals surface area contributed by atoms with Gasteiger partial charge in [0.2, 0.25) is 5.91 Å². The molecule has 0 aliphatic heterocycles. The highest BCUT2D eigenvalue weighted by atomic mass is 32.1. The van der Waals surface area contributed by atoms with Gasteiger partial charge in [-0.25, -0.2) is 4.39 Å². The molecule has 3 aromatic heterocycles. The number of aromatic nitrogens is 3. The summed E-state index contributed by atoms with van der Waals surface area (Å²) >= 11 is 1.20. The van der Waals surface area contributed by atoms with Crippen molar-refractivity contribution in [1.29, 1.82) is 0 Å². The standard InChI is InChI=1S/C23H27FN6O2S/c1-14-9-18(17(24)12-25-14)28-21-8-7-20(33-21)23(32)29-19(10-15-5-3-4-6-15)22(31)27-16-11-26-30(2)13-16/h7-9,11-13,15,19H,3-6,10H2,1-2H3,(H,25,28)(H,27,31)(H,29,32)/t19-/m0/s1. The zero-order valence-corrected chi connectivity index (χ0v) is 19.4. The summed E-state index contributed by atoms with van der Waals surface area (Å²) < 4.78 is 15.6. The van der Waals surface area contributed by atoms with Crippen molar-refractivity contribution in [2.75, 3.05) is 10.6 Å². The van der Waals surface area contributed by atoms with Gasteiger partial charge in [0, 0.05) is 18.9 Å². The lowest BCUT2D eigenvalue weighted by Gasteiger charge is -2.21. The van der Waals surface area contributed by atoms with Crippen LogP contribution < -0.4 is 16.0 Å². The molecule has 1 aliphatic rings. The summed E-state index contributed by atoms with van der Waals surface area (Å²) in [7, 11) is 1.77. The minimum atomic E-state index is -0.653. The molecule has 10 heteroatoms. The third-order valence-corrected chi connectivity index (χ3v) is 6.72. The average molecular weight is 471 g/mol. The van der Waals surface area contributed by atoms with E-state index in [-0.39, 0.29) is 11.8 Å². The zero-order valence-electron chi connectivity index (χ0n) is 18.6. The third-order valence-electron chi connectivity index (χ3n) is 5.72. The van der Waals surface area contributed by atoms with E-state index in [1.807, 2.05) is 0 Å². The first-order valence-electron chi connectivity index (χ1n) is 11.0. The van der Waals surface area contributed by atoms with E-state index in [0.717, 1.165) is 31.9 Å². The monoisotopic (exact) mass is 470 g/mol. The van der Waals surface area contributed by atoms with E-state index < -0.39 is 11.9 Å². The molecule has 0 radical (unpaired) electrons. The fourth-order valence-electron chi connectivity index (χ4n) is 4.05. The van der Waals surface area contributed by atoms with Crippen LogP contribution in [0.1, 0.15) is 47.5 Å². The number of hydrogen-bond acceptors (Lipinski definition) is 6. The lowest BCUT2D eigenvalue weighted by Crippen LogP contribution is -2.44. The normalized spacial score (nSPS) is 14.8. The Balaban J connectivity index is 1.44. The second-order valence-corrected chi connectivity index (χ2v) is 9.48. The first kappa shape index (κ1) is 22.9. The highest BCUT2D eigenvalue weighted by molar-refractivity contribution is 7.18. The Morgan fingerprint density at radius 2 is 2.06 bits per heavy atom. The minimum Gasteiger partial charge on any atom is -0.345 e. The minimum absolute atomic E-state index is 0.257. The Hall–Kier alpha value is -3.27. The molecule has 3 N–H and O–H groups in total. The largest absolute Gasteiger partial charge is 0.345 e. The number of nitrogens with zero attached hydrogens (tertiary/aromatic N) is 3. The topological polar surface area (TPSA) is 101 Å². The molecule has 0 unspecified atom stereocenters. The first-order chi connectivity index (χ1) is 15.9. The van der Waals surface area contributed by atoms with Crippen LogP contribution in [0.5, 0.6) is 0 Å². The number of aryl methyl sites for hydroxylation is 2. The van der Waals surface area contributed by atoms with E-state index in [2.05, 4.69) is 26.0 Å². The molecule has 2 amide bonds. The van der Waals surface area contributed by atoms with Gasteiger partial charge in [-0.2, -0.15) is 5.10 Å². The zero-order chi connectivity index (χ0) is 23.4. The number of thiophene rings is 1. The molecule has 0 spiro atoms. The quantitative estimate of drug-likeness (QED) is 0.453. The summed E-state index contributed by atoms with van der Waals surface area (Å²) in [6.07, 6.45) is 9.48. The fourth-order valence-corrected chi connectivity index (χ4v) is 4.88. The molecule has 174 valence electrons. The number of rotatable bonds is 8. The maximum Gasteiger partial charge on any atom is 0.262 e. The molecule has 33 heavy (non-hydrogen) atoms. The predicted molar refractivity (Wildman–Crippen MR) is 126 cm³/mol. The van der Waals surface area contributed by atoms with Crippen molar-refractivity contribution < 1.29 is 14.0 Å².